The monoisotopic (exact) mass is 323 g/mol. The summed E-state index contributed by atoms with van der Waals surface area (Å²) >= 11 is 0. The quantitative estimate of drug-likeness (QED) is 0.787. The van der Waals surface area contributed by atoms with E-state index in [9.17, 15) is 4.39 Å². The molecule has 1 atom stereocenters. The Morgan fingerprint density at radius 2 is 1.83 bits per heavy atom. The van der Waals surface area contributed by atoms with Gasteiger partial charge in [-0.1, -0.05) is 24.3 Å². The van der Waals surface area contributed by atoms with Gasteiger partial charge in [-0.3, -0.25) is 0 Å². The molecular weight excluding hydrogens is 305 g/mol. The summed E-state index contributed by atoms with van der Waals surface area (Å²) in [5, 5.41) is 14.1. The zero-order chi connectivity index (χ0) is 16.4. The Hall–Kier alpha value is -2.53. The molecule has 0 amide bonds. The van der Waals surface area contributed by atoms with Crippen molar-refractivity contribution in [3.63, 3.8) is 0 Å². The van der Waals surface area contributed by atoms with Crippen molar-refractivity contribution in [2.75, 3.05) is 18.5 Å². The fraction of sp³-hybridized carbons (Fsp3) is 0.263. The highest BCUT2D eigenvalue weighted by molar-refractivity contribution is 5.99. The Bertz CT molecular complexity index is 845. The van der Waals surface area contributed by atoms with Crippen LogP contribution in [0.25, 0.3) is 22.0 Å². The number of ether oxygens (including phenoxy) is 1. The van der Waals surface area contributed by atoms with Gasteiger partial charge in [0.25, 0.3) is 0 Å². The zero-order valence-corrected chi connectivity index (χ0v) is 13.2. The summed E-state index contributed by atoms with van der Waals surface area (Å²) < 4.78 is 18.8. The van der Waals surface area contributed by atoms with E-state index in [1.54, 1.807) is 12.1 Å². The van der Waals surface area contributed by atoms with Gasteiger partial charge in [0, 0.05) is 29.5 Å². The lowest BCUT2D eigenvalue weighted by atomic mass is 10.0. The van der Waals surface area contributed by atoms with Crippen molar-refractivity contribution < 1.29 is 9.13 Å². The van der Waals surface area contributed by atoms with Gasteiger partial charge in [-0.2, -0.15) is 0 Å². The molecule has 1 aliphatic heterocycles. The second-order valence-corrected chi connectivity index (χ2v) is 5.97. The molecule has 4 nitrogen and oxygen atoms in total. The first kappa shape index (κ1) is 15.0. The first-order valence-corrected chi connectivity index (χ1v) is 8.18. The molecule has 2 aromatic carbocycles. The average molecular weight is 323 g/mol. The Morgan fingerprint density at radius 3 is 2.58 bits per heavy atom. The van der Waals surface area contributed by atoms with Crippen LogP contribution in [-0.4, -0.2) is 29.5 Å². The summed E-state index contributed by atoms with van der Waals surface area (Å²) in [5.74, 6) is 0.498. The molecule has 0 aliphatic carbocycles. The summed E-state index contributed by atoms with van der Waals surface area (Å²) in [6.07, 6.45) is 2.43. The molecule has 1 N–H and O–H groups in total. The minimum Gasteiger partial charge on any atom is -0.376 e. The van der Waals surface area contributed by atoms with Crippen molar-refractivity contribution in [1.82, 2.24) is 10.2 Å². The van der Waals surface area contributed by atoms with Crippen LogP contribution in [0.3, 0.4) is 0 Å². The lowest BCUT2D eigenvalue weighted by Gasteiger charge is -2.14. The zero-order valence-electron chi connectivity index (χ0n) is 13.2. The molecule has 122 valence electrons. The summed E-state index contributed by atoms with van der Waals surface area (Å²) in [4.78, 5) is 0. The van der Waals surface area contributed by atoms with Gasteiger partial charge in [0.15, 0.2) is 5.82 Å². The molecule has 4 rings (SSSR count). The van der Waals surface area contributed by atoms with Gasteiger partial charge in [0.05, 0.1) is 6.10 Å². The van der Waals surface area contributed by atoms with Crippen LogP contribution in [0, 0.1) is 5.82 Å². The van der Waals surface area contributed by atoms with E-state index in [0.29, 0.717) is 0 Å². The summed E-state index contributed by atoms with van der Waals surface area (Å²) in [6.45, 7) is 1.57. The predicted octanol–water partition coefficient (Wildman–Crippen LogP) is 4.03. The minimum absolute atomic E-state index is 0.238. The van der Waals surface area contributed by atoms with Crippen molar-refractivity contribution >= 4 is 16.6 Å². The predicted molar refractivity (Wildman–Crippen MR) is 92.4 cm³/mol. The number of benzene rings is 2. The van der Waals surface area contributed by atoms with E-state index in [1.165, 1.54) is 12.1 Å². The molecule has 1 aromatic heterocycles. The van der Waals surface area contributed by atoms with Crippen molar-refractivity contribution in [3.8, 4) is 11.3 Å². The van der Waals surface area contributed by atoms with Crippen molar-refractivity contribution in [3.05, 3.63) is 54.3 Å². The molecule has 1 fully saturated rings. The van der Waals surface area contributed by atoms with E-state index >= 15 is 0 Å². The highest BCUT2D eigenvalue weighted by Crippen LogP contribution is 2.29. The third-order valence-electron chi connectivity index (χ3n) is 4.33. The number of halogens is 1. The molecular formula is C19H18FN3O. The second-order valence-electron chi connectivity index (χ2n) is 5.97. The van der Waals surface area contributed by atoms with E-state index in [4.69, 9.17) is 4.74 Å². The second kappa shape index (κ2) is 6.53. The molecule has 1 unspecified atom stereocenters. The van der Waals surface area contributed by atoms with Crippen LogP contribution in [0.5, 0.6) is 0 Å². The van der Waals surface area contributed by atoms with E-state index in [1.807, 2.05) is 24.3 Å². The number of rotatable bonds is 4. The Kier molecular flexibility index (Phi) is 4.09. The highest BCUT2D eigenvalue weighted by Gasteiger charge is 2.16. The molecule has 24 heavy (non-hydrogen) atoms. The first-order chi connectivity index (χ1) is 11.8. The van der Waals surface area contributed by atoms with E-state index in [2.05, 4.69) is 15.5 Å². The SMILES string of the molecule is Fc1ccc(-c2nnc(NCC3CCCO3)c3ccccc23)cc1. The fourth-order valence-corrected chi connectivity index (χ4v) is 3.07. The molecule has 2 heterocycles. The Morgan fingerprint density at radius 1 is 1.04 bits per heavy atom. The van der Waals surface area contributed by atoms with Crippen molar-refractivity contribution in [1.29, 1.82) is 0 Å². The van der Waals surface area contributed by atoms with Crippen LogP contribution >= 0.6 is 0 Å². The maximum absolute atomic E-state index is 13.2. The van der Waals surface area contributed by atoms with Crippen LogP contribution in [0.2, 0.25) is 0 Å². The topological polar surface area (TPSA) is 47.0 Å². The summed E-state index contributed by atoms with van der Waals surface area (Å²) in [5.41, 5.74) is 1.61. The average Bonchev–Trinajstić information content (AvgIpc) is 3.14. The standard InChI is InChI=1S/C19H18FN3O/c20-14-9-7-13(8-10-14)18-16-5-1-2-6-17(16)19(23-22-18)21-12-15-4-3-11-24-15/h1-2,5-10,15H,3-4,11-12H2,(H,21,23). The van der Waals surface area contributed by atoms with E-state index in [-0.39, 0.29) is 11.9 Å². The number of aromatic nitrogens is 2. The van der Waals surface area contributed by atoms with Gasteiger partial charge < -0.3 is 10.1 Å². The Labute approximate surface area is 139 Å². The molecule has 0 saturated carbocycles. The van der Waals surface area contributed by atoms with Crippen LogP contribution in [0.15, 0.2) is 48.5 Å². The number of fused-ring (bicyclic) bond motifs is 1. The maximum atomic E-state index is 13.2. The van der Waals surface area contributed by atoms with Gasteiger partial charge in [-0.05, 0) is 37.1 Å². The third-order valence-corrected chi connectivity index (χ3v) is 4.33. The van der Waals surface area contributed by atoms with Crippen LogP contribution in [-0.2, 0) is 4.74 Å². The van der Waals surface area contributed by atoms with Crippen LogP contribution in [0.4, 0.5) is 10.2 Å². The molecule has 0 spiro atoms. The van der Waals surface area contributed by atoms with Crippen LogP contribution < -0.4 is 5.32 Å². The number of hydrogen-bond acceptors (Lipinski definition) is 4. The number of nitrogens with one attached hydrogen (secondary N) is 1. The van der Waals surface area contributed by atoms with Gasteiger partial charge in [-0.15, -0.1) is 10.2 Å². The molecule has 0 radical (unpaired) electrons. The number of nitrogens with zero attached hydrogens (tertiary/aromatic N) is 2. The molecule has 1 saturated heterocycles. The maximum Gasteiger partial charge on any atom is 0.156 e. The lowest BCUT2D eigenvalue weighted by molar-refractivity contribution is 0.120. The minimum atomic E-state index is -0.258. The van der Waals surface area contributed by atoms with Gasteiger partial charge >= 0.3 is 0 Å². The molecule has 1 aliphatic rings. The normalized spacial score (nSPS) is 17.3. The summed E-state index contributed by atoms with van der Waals surface area (Å²) in [7, 11) is 0. The molecule has 3 aromatic rings. The molecule has 0 bridgehead atoms. The van der Waals surface area contributed by atoms with E-state index < -0.39 is 0 Å². The molecule has 5 heteroatoms. The Balaban J connectivity index is 1.70. The van der Waals surface area contributed by atoms with Crippen LogP contribution in [0.1, 0.15) is 12.8 Å². The van der Waals surface area contributed by atoms with Crippen molar-refractivity contribution in [2.24, 2.45) is 0 Å². The number of hydrogen-bond donors (Lipinski definition) is 1. The van der Waals surface area contributed by atoms with E-state index in [0.717, 1.165) is 53.8 Å². The first-order valence-electron chi connectivity index (χ1n) is 8.18. The highest BCUT2D eigenvalue weighted by atomic mass is 19.1. The smallest absolute Gasteiger partial charge is 0.156 e. The van der Waals surface area contributed by atoms with Gasteiger partial charge in [0.1, 0.15) is 11.5 Å². The summed E-state index contributed by atoms with van der Waals surface area (Å²) in [6, 6.07) is 14.3. The van der Waals surface area contributed by atoms with Crippen molar-refractivity contribution in [2.45, 2.75) is 18.9 Å². The fourth-order valence-electron chi connectivity index (χ4n) is 3.07. The van der Waals surface area contributed by atoms with Gasteiger partial charge in [0.2, 0.25) is 0 Å². The largest absolute Gasteiger partial charge is 0.376 e. The lowest BCUT2D eigenvalue weighted by Crippen LogP contribution is -2.19. The third kappa shape index (κ3) is 2.95. The van der Waals surface area contributed by atoms with Gasteiger partial charge in [-0.25, -0.2) is 4.39 Å². The number of anilines is 1.